The number of nitrogens with zero attached hydrogens (tertiary/aromatic N) is 2. The number of carbonyl (C=O) groups is 1. The highest BCUT2D eigenvalue weighted by Crippen LogP contribution is 2.17. The summed E-state index contributed by atoms with van der Waals surface area (Å²) >= 11 is 0. The van der Waals surface area contributed by atoms with Crippen molar-refractivity contribution in [3.8, 4) is 0 Å². The van der Waals surface area contributed by atoms with Gasteiger partial charge >= 0.3 is 0 Å². The van der Waals surface area contributed by atoms with Gasteiger partial charge in [-0.2, -0.15) is 4.98 Å². The number of hydrogen-bond donors (Lipinski definition) is 1. The van der Waals surface area contributed by atoms with Gasteiger partial charge in [0, 0.05) is 12.3 Å². The van der Waals surface area contributed by atoms with Crippen LogP contribution in [-0.2, 0) is 11.2 Å². The normalized spacial score (nSPS) is 13.4. The maximum Gasteiger partial charge on any atom is 0.223 e. The second-order valence-electron chi connectivity index (χ2n) is 5.60. The van der Waals surface area contributed by atoms with Gasteiger partial charge in [-0.1, -0.05) is 48.0 Å². The fraction of sp³-hybridized carbons (Fsp3) is 0.353. The number of hydrogen-bond acceptors (Lipinski definition) is 4. The van der Waals surface area contributed by atoms with Crippen LogP contribution in [0.25, 0.3) is 0 Å². The van der Waals surface area contributed by atoms with Crippen LogP contribution < -0.4 is 5.32 Å². The molecule has 2 atom stereocenters. The van der Waals surface area contributed by atoms with Crippen LogP contribution in [0.15, 0.2) is 53.4 Å². The molecule has 2 aromatic rings. The molecule has 2 unspecified atom stereocenters. The Hall–Kier alpha value is -2.43. The largest absolute Gasteiger partial charge is 0.345 e. The molecule has 0 saturated carbocycles. The Labute approximate surface area is 130 Å². The Kier molecular flexibility index (Phi) is 5.47. The zero-order valence-electron chi connectivity index (χ0n) is 13.0. The molecule has 0 radical (unpaired) electrons. The number of carbonyl (C=O) groups excluding carboxylic acids is 1. The van der Waals surface area contributed by atoms with E-state index in [4.69, 9.17) is 4.52 Å². The molecule has 0 spiro atoms. The predicted octanol–water partition coefficient (Wildman–Crippen LogP) is 3.07. The highest BCUT2D eigenvalue weighted by atomic mass is 16.5. The quantitative estimate of drug-likeness (QED) is 0.798. The lowest BCUT2D eigenvalue weighted by Crippen LogP contribution is -2.34. The number of allylic oxidation sites excluding steroid dienone is 1. The molecule has 1 N–H and O–H groups in total. The SMILES string of the molecule is C=C(C)CC(C)C(=O)NC(Cc1ccccc1)c1ncon1. The van der Waals surface area contributed by atoms with Crippen LogP contribution in [0.2, 0.25) is 0 Å². The molecule has 1 aromatic heterocycles. The van der Waals surface area contributed by atoms with E-state index in [-0.39, 0.29) is 17.9 Å². The van der Waals surface area contributed by atoms with Crippen molar-refractivity contribution in [3.63, 3.8) is 0 Å². The maximum atomic E-state index is 12.3. The van der Waals surface area contributed by atoms with Crippen LogP contribution in [0.5, 0.6) is 0 Å². The molecule has 5 heteroatoms. The van der Waals surface area contributed by atoms with E-state index in [2.05, 4.69) is 22.0 Å². The summed E-state index contributed by atoms with van der Waals surface area (Å²) in [6, 6.07) is 9.61. The van der Waals surface area contributed by atoms with Crippen LogP contribution in [0.3, 0.4) is 0 Å². The molecule has 2 rings (SSSR count). The summed E-state index contributed by atoms with van der Waals surface area (Å²) in [6.07, 6.45) is 2.55. The zero-order valence-corrected chi connectivity index (χ0v) is 13.0. The first-order valence-corrected chi connectivity index (χ1v) is 7.31. The number of nitrogens with one attached hydrogen (secondary N) is 1. The minimum Gasteiger partial charge on any atom is -0.345 e. The molecule has 116 valence electrons. The lowest BCUT2D eigenvalue weighted by Gasteiger charge is -2.19. The van der Waals surface area contributed by atoms with E-state index in [1.54, 1.807) is 0 Å². The van der Waals surface area contributed by atoms with E-state index in [1.807, 2.05) is 44.2 Å². The molecule has 0 saturated heterocycles. The molecule has 0 fully saturated rings. The van der Waals surface area contributed by atoms with E-state index in [1.165, 1.54) is 6.39 Å². The van der Waals surface area contributed by atoms with Gasteiger partial charge in [-0.15, -0.1) is 6.58 Å². The standard InChI is InChI=1S/C17H21N3O2/c1-12(2)9-13(3)17(21)19-15(16-18-11-22-20-16)10-14-7-5-4-6-8-14/h4-8,11,13,15H,1,9-10H2,2-3H3,(H,19,21). The van der Waals surface area contributed by atoms with Crippen LogP contribution >= 0.6 is 0 Å². The lowest BCUT2D eigenvalue weighted by atomic mass is 10.0. The number of benzene rings is 1. The van der Waals surface area contributed by atoms with Crippen molar-refractivity contribution in [2.75, 3.05) is 0 Å². The Bertz CT molecular complexity index is 608. The van der Waals surface area contributed by atoms with Gasteiger partial charge in [0.25, 0.3) is 0 Å². The van der Waals surface area contributed by atoms with Gasteiger partial charge < -0.3 is 9.84 Å². The second-order valence-corrected chi connectivity index (χ2v) is 5.60. The number of rotatable bonds is 7. The van der Waals surface area contributed by atoms with Gasteiger partial charge in [0.1, 0.15) is 0 Å². The Balaban J connectivity index is 2.09. The molecule has 0 bridgehead atoms. The van der Waals surface area contributed by atoms with E-state index in [0.717, 1.165) is 11.1 Å². The third-order valence-electron chi connectivity index (χ3n) is 3.39. The third-order valence-corrected chi connectivity index (χ3v) is 3.39. The van der Waals surface area contributed by atoms with Crippen molar-refractivity contribution in [2.24, 2.45) is 5.92 Å². The first-order chi connectivity index (χ1) is 10.6. The fourth-order valence-electron chi connectivity index (χ4n) is 2.32. The summed E-state index contributed by atoms with van der Waals surface area (Å²) in [5.41, 5.74) is 2.09. The minimum absolute atomic E-state index is 0.0336. The van der Waals surface area contributed by atoms with Crippen molar-refractivity contribution in [1.29, 1.82) is 0 Å². The molecule has 0 aliphatic carbocycles. The molecular formula is C17H21N3O2. The van der Waals surface area contributed by atoms with E-state index in [0.29, 0.717) is 18.7 Å². The zero-order chi connectivity index (χ0) is 15.9. The molecule has 1 amide bonds. The Morgan fingerprint density at radius 1 is 1.36 bits per heavy atom. The second kappa shape index (κ2) is 7.54. The summed E-state index contributed by atoms with van der Waals surface area (Å²) in [5, 5.41) is 6.88. The van der Waals surface area contributed by atoms with Crippen molar-refractivity contribution >= 4 is 5.91 Å². The highest BCUT2D eigenvalue weighted by Gasteiger charge is 2.22. The van der Waals surface area contributed by atoms with Crippen LogP contribution in [-0.4, -0.2) is 16.0 Å². The van der Waals surface area contributed by atoms with Gasteiger partial charge in [-0.05, 0) is 18.9 Å². The molecule has 0 aliphatic heterocycles. The molecule has 22 heavy (non-hydrogen) atoms. The topological polar surface area (TPSA) is 68.0 Å². The highest BCUT2D eigenvalue weighted by molar-refractivity contribution is 5.79. The number of aromatic nitrogens is 2. The average molecular weight is 299 g/mol. The van der Waals surface area contributed by atoms with Crippen molar-refractivity contribution in [1.82, 2.24) is 15.5 Å². The van der Waals surface area contributed by atoms with Gasteiger partial charge in [0.05, 0.1) is 6.04 Å². The molecule has 0 aliphatic rings. The fourth-order valence-corrected chi connectivity index (χ4v) is 2.32. The lowest BCUT2D eigenvalue weighted by molar-refractivity contribution is -0.125. The average Bonchev–Trinajstić information content (AvgIpc) is 3.01. The molecule has 1 aromatic carbocycles. The van der Waals surface area contributed by atoms with Gasteiger partial charge in [0.15, 0.2) is 5.82 Å². The first-order valence-electron chi connectivity index (χ1n) is 7.31. The van der Waals surface area contributed by atoms with Crippen molar-refractivity contribution < 1.29 is 9.32 Å². The van der Waals surface area contributed by atoms with Crippen molar-refractivity contribution in [2.45, 2.75) is 32.7 Å². The summed E-state index contributed by atoms with van der Waals surface area (Å²) in [5.74, 6) is 0.316. The summed E-state index contributed by atoms with van der Waals surface area (Å²) in [7, 11) is 0. The Morgan fingerprint density at radius 3 is 2.68 bits per heavy atom. The maximum absolute atomic E-state index is 12.3. The van der Waals surface area contributed by atoms with E-state index >= 15 is 0 Å². The molecule has 1 heterocycles. The minimum atomic E-state index is -0.304. The number of amides is 1. The monoisotopic (exact) mass is 299 g/mol. The van der Waals surface area contributed by atoms with Gasteiger partial charge in [-0.25, -0.2) is 0 Å². The Morgan fingerprint density at radius 2 is 2.09 bits per heavy atom. The summed E-state index contributed by atoms with van der Waals surface area (Å²) in [4.78, 5) is 16.4. The van der Waals surface area contributed by atoms with Crippen LogP contribution in [0.4, 0.5) is 0 Å². The van der Waals surface area contributed by atoms with E-state index < -0.39 is 0 Å². The van der Waals surface area contributed by atoms with Crippen LogP contribution in [0, 0.1) is 5.92 Å². The van der Waals surface area contributed by atoms with E-state index in [9.17, 15) is 4.79 Å². The summed E-state index contributed by atoms with van der Waals surface area (Å²) in [6.45, 7) is 7.66. The van der Waals surface area contributed by atoms with Crippen LogP contribution in [0.1, 0.15) is 37.7 Å². The smallest absolute Gasteiger partial charge is 0.223 e. The van der Waals surface area contributed by atoms with Gasteiger partial charge in [-0.3, -0.25) is 4.79 Å². The first kappa shape index (κ1) is 15.9. The summed E-state index contributed by atoms with van der Waals surface area (Å²) < 4.78 is 4.81. The predicted molar refractivity (Wildman–Crippen MR) is 83.9 cm³/mol. The molecule has 5 nitrogen and oxygen atoms in total. The van der Waals surface area contributed by atoms with Gasteiger partial charge in [0.2, 0.25) is 12.3 Å². The molecular weight excluding hydrogens is 278 g/mol. The van der Waals surface area contributed by atoms with Crippen molar-refractivity contribution in [3.05, 3.63) is 60.3 Å². The third kappa shape index (κ3) is 4.55.